The lowest BCUT2D eigenvalue weighted by Gasteiger charge is -2.11. The molecule has 0 atom stereocenters. The predicted octanol–water partition coefficient (Wildman–Crippen LogP) is 4.74. The van der Waals surface area contributed by atoms with Gasteiger partial charge in [0.15, 0.2) is 17.2 Å². The molecule has 0 aliphatic rings. The number of benzene rings is 2. The van der Waals surface area contributed by atoms with Gasteiger partial charge in [0, 0.05) is 17.9 Å². The molecule has 1 heterocycles. The van der Waals surface area contributed by atoms with Crippen molar-refractivity contribution in [2.45, 2.75) is 13.8 Å². The SMILES string of the molecule is CCOc1cccc(/C=C/c2ccc3cccc(OC(C)=O)c3n2)c1OC. The molecule has 138 valence electrons. The second-order valence-electron chi connectivity index (χ2n) is 5.80. The van der Waals surface area contributed by atoms with Crippen molar-refractivity contribution in [2.75, 3.05) is 13.7 Å². The molecule has 3 aromatic rings. The molecule has 0 fully saturated rings. The molecule has 0 saturated heterocycles. The van der Waals surface area contributed by atoms with Crippen molar-refractivity contribution < 1.29 is 19.0 Å². The molecule has 0 bridgehead atoms. The summed E-state index contributed by atoms with van der Waals surface area (Å²) in [6.07, 6.45) is 3.81. The Morgan fingerprint density at radius 2 is 1.81 bits per heavy atom. The normalized spacial score (nSPS) is 10.9. The number of aromatic nitrogens is 1. The van der Waals surface area contributed by atoms with E-state index in [9.17, 15) is 4.79 Å². The highest BCUT2D eigenvalue weighted by Crippen LogP contribution is 2.32. The average Bonchev–Trinajstić information content (AvgIpc) is 2.66. The summed E-state index contributed by atoms with van der Waals surface area (Å²) in [5.41, 5.74) is 2.27. The number of carbonyl (C=O) groups excluding carboxylic acids is 1. The maximum absolute atomic E-state index is 11.3. The average molecular weight is 363 g/mol. The van der Waals surface area contributed by atoms with E-state index in [1.165, 1.54) is 6.92 Å². The van der Waals surface area contributed by atoms with E-state index < -0.39 is 0 Å². The molecule has 2 aromatic carbocycles. The molecule has 0 unspecified atom stereocenters. The van der Waals surface area contributed by atoms with Crippen LogP contribution in [-0.4, -0.2) is 24.7 Å². The number of nitrogens with zero attached hydrogens (tertiary/aromatic N) is 1. The summed E-state index contributed by atoms with van der Waals surface area (Å²) in [7, 11) is 1.62. The van der Waals surface area contributed by atoms with E-state index in [0.717, 1.165) is 16.6 Å². The number of esters is 1. The van der Waals surface area contributed by atoms with Crippen LogP contribution in [0.1, 0.15) is 25.1 Å². The third kappa shape index (κ3) is 4.26. The highest BCUT2D eigenvalue weighted by Gasteiger charge is 2.09. The van der Waals surface area contributed by atoms with Gasteiger partial charge in [-0.15, -0.1) is 0 Å². The molecule has 0 radical (unpaired) electrons. The third-order valence-corrected chi connectivity index (χ3v) is 3.91. The molecule has 0 spiro atoms. The van der Waals surface area contributed by atoms with Crippen molar-refractivity contribution in [2.24, 2.45) is 0 Å². The van der Waals surface area contributed by atoms with Gasteiger partial charge in [0.25, 0.3) is 0 Å². The molecule has 0 amide bonds. The Bertz CT molecular complexity index is 995. The van der Waals surface area contributed by atoms with Gasteiger partial charge >= 0.3 is 5.97 Å². The van der Waals surface area contributed by atoms with Crippen LogP contribution in [0.3, 0.4) is 0 Å². The molecule has 1 aromatic heterocycles. The monoisotopic (exact) mass is 363 g/mol. The number of rotatable bonds is 6. The van der Waals surface area contributed by atoms with E-state index in [2.05, 4.69) is 4.98 Å². The maximum Gasteiger partial charge on any atom is 0.308 e. The molecular weight excluding hydrogens is 342 g/mol. The number of hydrogen-bond donors (Lipinski definition) is 0. The van der Waals surface area contributed by atoms with Crippen molar-refractivity contribution in [1.82, 2.24) is 4.98 Å². The lowest BCUT2D eigenvalue weighted by atomic mass is 10.1. The van der Waals surface area contributed by atoms with Crippen molar-refractivity contribution >= 4 is 29.0 Å². The minimum Gasteiger partial charge on any atom is -0.492 e. The van der Waals surface area contributed by atoms with Crippen LogP contribution in [0.15, 0.2) is 48.5 Å². The summed E-state index contributed by atoms with van der Waals surface area (Å²) in [5.74, 6) is 1.46. The Morgan fingerprint density at radius 3 is 2.56 bits per heavy atom. The molecule has 5 heteroatoms. The number of ether oxygens (including phenoxy) is 3. The lowest BCUT2D eigenvalue weighted by molar-refractivity contribution is -0.131. The fourth-order valence-electron chi connectivity index (χ4n) is 2.79. The molecule has 0 aliphatic carbocycles. The third-order valence-electron chi connectivity index (χ3n) is 3.91. The van der Waals surface area contributed by atoms with Crippen LogP contribution in [0.5, 0.6) is 17.2 Å². The van der Waals surface area contributed by atoms with Crippen LogP contribution in [0.25, 0.3) is 23.1 Å². The Hall–Kier alpha value is -3.34. The van der Waals surface area contributed by atoms with Crippen molar-refractivity contribution in [3.63, 3.8) is 0 Å². The van der Waals surface area contributed by atoms with Gasteiger partial charge in [0.1, 0.15) is 5.52 Å². The van der Waals surface area contributed by atoms with Crippen LogP contribution < -0.4 is 14.2 Å². The Balaban J connectivity index is 1.97. The van der Waals surface area contributed by atoms with Gasteiger partial charge in [-0.05, 0) is 37.3 Å². The van der Waals surface area contributed by atoms with Crippen LogP contribution >= 0.6 is 0 Å². The van der Waals surface area contributed by atoms with Gasteiger partial charge in [-0.3, -0.25) is 4.79 Å². The first kappa shape index (κ1) is 18.5. The molecular formula is C22H21NO4. The topological polar surface area (TPSA) is 57.7 Å². The number of hydrogen-bond acceptors (Lipinski definition) is 5. The highest BCUT2D eigenvalue weighted by atomic mass is 16.5. The zero-order valence-electron chi connectivity index (χ0n) is 15.6. The second-order valence-corrected chi connectivity index (χ2v) is 5.80. The Morgan fingerprint density at radius 1 is 1.04 bits per heavy atom. The standard InChI is InChI=1S/C22H21NO4/c1-4-26-20-10-6-8-17(22(20)25-3)12-14-18-13-11-16-7-5-9-19(21(16)23-18)27-15(2)24/h5-14H,4H2,1-3H3/b14-12+. The van der Waals surface area contributed by atoms with Gasteiger partial charge in [0.05, 0.1) is 19.4 Å². The summed E-state index contributed by atoms with van der Waals surface area (Å²) in [6.45, 7) is 3.87. The zero-order chi connectivity index (χ0) is 19.2. The molecule has 0 aliphatic heterocycles. The van der Waals surface area contributed by atoms with E-state index in [1.54, 1.807) is 13.2 Å². The molecule has 3 rings (SSSR count). The van der Waals surface area contributed by atoms with Gasteiger partial charge in [-0.25, -0.2) is 4.98 Å². The minimum absolute atomic E-state index is 0.372. The van der Waals surface area contributed by atoms with E-state index in [0.29, 0.717) is 29.4 Å². The highest BCUT2D eigenvalue weighted by molar-refractivity contribution is 5.88. The van der Waals surface area contributed by atoms with E-state index in [-0.39, 0.29) is 5.97 Å². The number of para-hydroxylation sites is 2. The molecule has 5 nitrogen and oxygen atoms in total. The van der Waals surface area contributed by atoms with E-state index in [1.807, 2.05) is 61.5 Å². The van der Waals surface area contributed by atoms with Gasteiger partial charge in [0.2, 0.25) is 0 Å². The first-order valence-corrected chi connectivity index (χ1v) is 8.68. The minimum atomic E-state index is -0.372. The van der Waals surface area contributed by atoms with Crippen molar-refractivity contribution in [1.29, 1.82) is 0 Å². The van der Waals surface area contributed by atoms with Gasteiger partial charge in [-0.1, -0.05) is 30.3 Å². The fourth-order valence-corrected chi connectivity index (χ4v) is 2.79. The summed E-state index contributed by atoms with van der Waals surface area (Å²) < 4.78 is 16.4. The Labute approximate surface area is 158 Å². The fraction of sp³-hybridized carbons (Fsp3) is 0.182. The lowest BCUT2D eigenvalue weighted by Crippen LogP contribution is -2.02. The van der Waals surface area contributed by atoms with Gasteiger partial charge < -0.3 is 14.2 Å². The van der Waals surface area contributed by atoms with Gasteiger partial charge in [-0.2, -0.15) is 0 Å². The number of fused-ring (bicyclic) bond motifs is 1. The maximum atomic E-state index is 11.3. The smallest absolute Gasteiger partial charge is 0.308 e. The van der Waals surface area contributed by atoms with Crippen molar-refractivity contribution in [3.8, 4) is 17.2 Å². The molecule has 0 N–H and O–H groups in total. The largest absolute Gasteiger partial charge is 0.492 e. The summed E-state index contributed by atoms with van der Waals surface area (Å²) in [6, 6.07) is 15.1. The van der Waals surface area contributed by atoms with Crippen LogP contribution in [0, 0.1) is 0 Å². The van der Waals surface area contributed by atoms with E-state index >= 15 is 0 Å². The van der Waals surface area contributed by atoms with Crippen LogP contribution in [0.4, 0.5) is 0 Å². The van der Waals surface area contributed by atoms with Crippen molar-refractivity contribution in [3.05, 3.63) is 59.8 Å². The molecule has 0 saturated carbocycles. The first-order chi connectivity index (χ1) is 13.1. The Kier molecular flexibility index (Phi) is 5.71. The first-order valence-electron chi connectivity index (χ1n) is 8.68. The molecule has 27 heavy (non-hydrogen) atoms. The quantitative estimate of drug-likeness (QED) is 0.468. The van der Waals surface area contributed by atoms with Crippen LogP contribution in [0.2, 0.25) is 0 Å². The second kappa shape index (κ2) is 8.36. The number of carbonyl (C=O) groups is 1. The summed E-state index contributed by atoms with van der Waals surface area (Å²) in [5, 5.41) is 0.904. The van der Waals surface area contributed by atoms with Crippen LogP contribution in [-0.2, 0) is 4.79 Å². The predicted molar refractivity (Wildman–Crippen MR) is 106 cm³/mol. The van der Waals surface area contributed by atoms with E-state index in [4.69, 9.17) is 14.2 Å². The number of pyridine rings is 1. The summed E-state index contributed by atoms with van der Waals surface area (Å²) >= 11 is 0. The summed E-state index contributed by atoms with van der Waals surface area (Å²) in [4.78, 5) is 15.9. The number of methoxy groups -OCH3 is 1. The zero-order valence-corrected chi connectivity index (χ0v) is 15.6.